The Hall–Kier alpha value is -2.87. The van der Waals surface area contributed by atoms with E-state index in [9.17, 15) is 9.59 Å². The van der Waals surface area contributed by atoms with Gasteiger partial charge in [-0.3, -0.25) is 9.59 Å². The van der Waals surface area contributed by atoms with Gasteiger partial charge in [0.1, 0.15) is 5.75 Å². The maximum absolute atomic E-state index is 13.4. The molecular weight excluding hydrogens is 448 g/mol. The summed E-state index contributed by atoms with van der Waals surface area (Å²) in [7, 11) is 0. The van der Waals surface area contributed by atoms with E-state index in [4.69, 9.17) is 4.74 Å². The molecule has 2 fully saturated rings. The molecule has 2 aromatic carbocycles. The van der Waals surface area contributed by atoms with Crippen LogP contribution in [0, 0.1) is 5.41 Å². The zero-order chi connectivity index (χ0) is 23.5. The van der Waals surface area contributed by atoms with Crippen LogP contribution in [0.25, 0.3) is 0 Å². The fourth-order valence-corrected chi connectivity index (χ4v) is 5.46. The summed E-state index contributed by atoms with van der Waals surface area (Å²) in [4.78, 5) is 27.3. The summed E-state index contributed by atoms with van der Waals surface area (Å²) in [5, 5.41) is 6.47. The molecule has 1 saturated carbocycles. The van der Waals surface area contributed by atoms with Gasteiger partial charge >= 0.3 is 5.97 Å². The summed E-state index contributed by atoms with van der Waals surface area (Å²) in [6.45, 7) is 5.04. The third kappa shape index (κ3) is 5.12. The minimum absolute atomic E-state index is 0.106. The highest BCUT2D eigenvalue weighted by Crippen LogP contribution is 2.54. The van der Waals surface area contributed by atoms with E-state index in [1.807, 2.05) is 30.3 Å². The van der Waals surface area contributed by atoms with Gasteiger partial charge in [0, 0.05) is 36.7 Å². The largest absolute Gasteiger partial charge is 0.465 e. The van der Waals surface area contributed by atoms with Crippen LogP contribution in [-0.2, 0) is 16.0 Å². The summed E-state index contributed by atoms with van der Waals surface area (Å²) >= 11 is 1.30. The van der Waals surface area contributed by atoms with Gasteiger partial charge in [-0.25, -0.2) is 0 Å². The van der Waals surface area contributed by atoms with Gasteiger partial charge in [0.05, 0.1) is 17.9 Å². The second-order valence-electron chi connectivity index (χ2n) is 9.42. The lowest BCUT2D eigenvalue weighted by molar-refractivity contribution is -0.139. The molecular formula is C26H32N4O3S. The summed E-state index contributed by atoms with van der Waals surface area (Å²) in [5.74, 6) is -0.125. The maximum atomic E-state index is 13.4. The number of nitrogens with one attached hydrogen (secondary N) is 3. The molecule has 2 aliphatic heterocycles. The molecule has 0 bridgehead atoms. The Kier molecular flexibility index (Phi) is 6.59. The van der Waals surface area contributed by atoms with Gasteiger partial charge in [-0.15, -0.1) is 0 Å². The van der Waals surface area contributed by atoms with Crippen molar-refractivity contribution in [1.82, 2.24) is 0 Å². The molecule has 0 aromatic heterocycles. The number of anilines is 4. The molecule has 3 N–H and O–H groups in total. The van der Waals surface area contributed by atoms with Gasteiger partial charge < -0.3 is 25.0 Å². The Morgan fingerprint density at radius 1 is 1.09 bits per heavy atom. The highest BCUT2D eigenvalue weighted by atomic mass is 32.2. The second kappa shape index (κ2) is 9.78. The molecule has 2 aromatic rings. The van der Waals surface area contributed by atoms with Crippen LogP contribution >= 0.6 is 11.9 Å². The molecule has 7 nitrogen and oxygen atoms in total. The van der Waals surface area contributed by atoms with E-state index in [1.165, 1.54) is 43.2 Å². The predicted octanol–water partition coefficient (Wildman–Crippen LogP) is 4.91. The first-order valence-electron chi connectivity index (χ1n) is 12.2. The molecule has 3 aliphatic rings. The number of fused-ring (bicyclic) bond motifs is 1. The number of nitrogens with zero attached hydrogens (tertiary/aromatic N) is 1. The Labute approximate surface area is 205 Å². The normalized spacial score (nSPS) is 17.6. The number of esters is 1. The first kappa shape index (κ1) is 22.9. The van der Waals surface area contributed by atoms with Crippen LogP contribution < -0.4 is 20.3 Å². The maximum Gasteiger partial charge on any atom is 0.317 e. The van der Waals surface area contributed by atoms with Crippen LogP contribution in [-0.4, -0.2) is 43.9 Å². The molecule has 1 spiro atoms. The van der Waals surface area contributed by atoms with E-state index < -0.39 is 0 Å². The van der Waals surface area contributed by atoms with Crippen LogP contribution in [0.15, 0.2) is 36.4 Å². The highest BCUT2D eigenvalue weighted by molar-refractivity contribution is 8.01. The van der Waals surface area contributed by atoms with Gasteiger partial charge in [0.25, 0.3) is 5.91 Å². The van der Waals surface area contributed by atoms with E-state index >= 15 is 0 Å². The van der Waals surface area contributed by atoms with E-state index in [2.05, 4.69) is 26.3 Å². The van der Waals surface area contributed by atoms with Crippen LogP contribution in [0.5, 0.6) is 0 Å². The number of hydrogen-bond acceptors (Lipinski definition) is 7. The quantitative estimate of drug-likeness (QED) is 0.366. The fraction of sp³-hybridized carbons (Fsp3) is 0.462. The Bertz CT molecular complexity index is 1080. The van der Waals surface area contributed by atoms with Crippen molar-refractivity contribution in [3.05, 3.63) is 47.5 Å². The smallest absolute Gasteiger partial charge is 0.317 e. The Balaban J connectivity index is 1.33. The predicted molar refractivity (Wildman–Crippen MR) is 139 cm³/mol. The van der Waals surface area contributed by atoms with Crippen LogP contribution in [0.3, 0.4) is 0 Å². The van der Waals surface area contributed by atoms with E-state index in [-0.39, 0.29) is 17.6 Å². The molecule has 0 radical (unpaired) electrons. The second-order valence-corrected chi connectivity index (χ2v) is 10.2. The Morgan fingerprint density at radius 3 is 2.65 bits per heavy atom. The van der Waals surface area contributed by atoms with Crippen molar-refractivity contribution in [2.45, 2.75) is 39.0 Å². The van der Waals surface area contributed by atoms with Crippen molar-refractivity contribution in [2.75, 3.05) is 52.2 Å². The van der Waals surface area contributed by atoms with Crippen molar-refractivity contribution in [3.8, 4) is 0 Å². The van der Waals surface area contributed by atoms with E-state index in [0.29, 0.717) is 17.6 Å². The summed E-state index contributed by atoms with van der Waals surface area (Å²) in [5.41, 5.74) is 6.22. The molecule has 1 aliphatic carbocycles. The molecule has 34 heavy (non-hydrogen) atoms. The first-order chi connectivity index (χ1) is 16.5. The monoisotopic (exact) mass is 480 g/mol. The minimum atomic E-state index is -0.245. The number of ether oxygens (including phenoxy) is 1. The molecule has 8 heteroatoms. The first-order valence-corrected chi connectivity index (χ1v) is 13.1. The molecule has 1 amide bonds. The third-order valence-corrected chi connectivity index (χ3v) is 7.89. The molecule has 0 atom stereocenters. The third-order valence-electron chi connectivity index (χ3n) is 7.13. The molecule has 180 valence electrons. The lowest BCUT2D eigenvalue weighted by Gasteiger charge is -2.35. The minimum Gasteiger partial charge on any atom is -0.465 e. The number of benzene rings is 2. The Morgan fingerprint density at radius 2 is 1.88 bits per heavy atom. The SMILES string of the molecule is CCOC(=O)CSNc1ccc(C(=O)Nc2ccc3c(c2)NCC3)c(N2CCC3(CC2)CC3)c1. The van der Waals surface area contributed by atoms with Crippen molar-refractivity contribution in [1.29, 1.82) is 0 Å². The zero-order valence-electron chi connectivity index (χ0n) is 19.6. The number of carbonyl (C=O) groups is 2. The molecule has 1 saturated heterocycles. The summed E-state index contributed by atoms with van der Waals surface area (Å²) in [6.07, 6.45) is 6.06. The van der Waals surface area contributed by atoms with E-state index in [1.54, 1.807) is 6.92 Å². The van der Waals surface area contributed by atoms with Crippen molar-refractivity contribution >= 4 is 46.6 Å². The standard InChI is InChI=1S/C26H32N4O3S/c1-2-33-24(31)17-34-29-20-5-6-21(23(16-20)30-13-10-26(8-9-26)11-14-30)25(32)28-19-4-3-18-7-12-27-22(18)15-19/h3-6,15-16,27,29H,2,7-14,17H2,1H3,(H,28,32). The van der Waals surface area contributed by atoms with Gasteiger partial charge in [0.15, 0.2) is 0 Å². The fourth-order valence-electron chi connectivity index (χ4n) is 4.90. The molecule has 2 heterocycles. The van der Waals surface area contributed by atoms with Crippen LogP contribution in [0.2, 0.25) is 0 Å². The van der Waals surface area contributed by atoms with Gasteiger partial charge in [0.2, 0.25) is 0 Å². The number of carbonyl (C=O) groups excluding carboxylic acids is 2. The molecule has 0 unspecified atom stereocenters. The van der Waals surface area contributed by atoms with Crippen LogP contribution in [0.1, 0.15) is 48.5 Å². The van der Waals surface area contributed by atoms with Gasteiger partial charge in [-0.05, 0) is 92.3 Å². The summed E-state index contributed by atoms with van der Waals surface area (Å²) < 4.78 is 8.23. The topological polar surface area (TPSA) is 82.7 Å². The average molecular weight is 481 g/mol. The zero-order valence-corrected chi connectivity index (χ0v) is 20.4. The van der Waals surface area contributed by atoms with Crippen molar-refractivity contribution < 1.29 is 14.3 Å². The highest BCUT2D eigenvalue weighted by Gasteiger charge is 2.44. The number of rotatable bonds is 8. The lowest BCUT2D eigenvalue weighted by atomic mass is 9.93. The number of piperidine rings is 1. The van der Waals surface area contributed by atoms with Gasteiger partial charge in [-0.2, -0.15) is 0 Å². The number of amides is 1. The summed E-state index contributed by atoms with van der Waals surface area (Å²) in [6, 6.07) is 11.9. The number of hydrogen-bond donors (Lipinski definition) is 3. The van der Waals surface area contributed by atoms with Crippen molar-refractivity contribution in [3.63, 3.8) is 0 Å². The lowest BCUT2D eigenvalue weighted by Crippen LogP contribution is -2.35. The van der Waals surface area contributed by atoms with Crippen molar-refractivity contribution in [2.24, 2.45) is 5.41 Å². The molecule has 5 rings (SSSR count). The van der Waals surface area contributed by atoms with Gasteiger partial charge in [-0.1, -0.05) is 6.07 Å². The average Bonchev–Trinajstić information content (AvgIpc) is 3.42. The van der Waals surface area contributed by atoms with Crippen LogP contribution in [0.4, 0.5) is 22.7 Å². The van der Waals surface area contributed by atoms with E-state index in [0.717, 1.165) is 48.8 Å².